The molecule has 1 aromatic carbocycles. The van der Waals surface area contributed by atoms with Crippen molar-refractivity contribution in [1.29, 1.82) is 0 Å². The van der Waals surface area contributed by atoms with E-state index in [1.807, 2.05) is 5.32 Å². The molecule has 2 aromatic rings. The fourth-order valence-electron chi connectivity index (χ4n) is 4.09. The molecule has 0 radical (unpaired) electrons. The van der Waals surface area contributed by atoms with Crippen molar-refractivity contribution in [2.45, 2.75) is 37.2 Å². The highest BCUT2D eigenvalue weighted by molar-refractivity contribution is 9.10. The lowest BCUT2D eigenvalue weighted by molar-refractivity contribution is -0.201. The number of alkyl halides is 6. The van der Waals surface area contributed by atoms with Crippen LogP contribution in [0.1, 0.15) is 30.5 Å². The number of aromatic nitrogens is 1. The van der Waals surface area contributed by atoms with E-state index in [0.717, 1.165) is 30.5 Å². The maximum atomic E-state index is 14.8. The molecule has 0 saturated carbocycles. The van der Waals surface area contributed by atoms with Crippen molar-refractivity contribution in [3.05, 3.63) is 63.9 Å². The Kier molecular flexibility index (Phi) is 9.78. The van der Waals surface area contributed by atoms with Gasteiger partial charge in [-0.3, -0.25) is 14.6 Å². The SMILES string of the molecule is CS(=O)(=O)CC(=O)NCC1=C(c2ccc(Br)cn2)C[C@](c2ccc(OCCCC(F)(F)F)cc2)(C(F)(F)F)NC1=O. The lowest BCUT2D eigenvalue weighted by Gasteiger charge is -2.41. The summed E-state index contributed by atoms with van der Waals surface area (Å²) in [6.45, 7) is -0.873. The van der Waals surface area contributed by atoms with Gasteiger partial charge in [0.2, 0.25) is 11.8 Å². The highest BCUT2D eigenvalue weighted by Gasteiger charge is 2.59. The maximum absolute atomic E-state index is 14.8. The summed E-state index contributed by atoms with van der Waals surface area (Å²) in [6.07, 6.45) is -9.52. The number of benzene rings is 1. The number of carbonyl (C=O) groups is 2. The summed E-state index contributed by atoms with van der Waals surface area (Å²) in [5.41, 5.74) is -3.68. The number of nitrogens with one attached hydrogen (secondary N) is 2. The molecule has 0 unspecified atom stereocenters. The van der Waals surface area contributed by atoms with E-state index in [1.165, 1.54) is 18.3 Å². The highest BCUT2D eigenvalue weighted by atomic mass is 79.9. The Morgan fingerprint density at radius 2 is 1.78 bits per heavy atom. The molecule has 2 amide bonds. The molecule has 1 atom stereocenters. The Morgan fingerprint density at radius 1 is 1.12 bits per heavy atom. The Morgan fingerprint density at radius 3 is 2.32 bits per heavy atom. The molecule has 0 spiro atoms. The number of carbonyl (C=O) groups excluding carboxylic acids is 2. The van der Waals surface area contributed by atoms with Gasteiger partial charge in [-0.1, -0.05) is 12.1 Å². The highest BCUT2D eigenvalue weighted by Crippen LogP contribution is 2.48. The molecule has 1 aromatic heterocycles. The predicted octanol–water partition coefficient (Wildman–Crippen LogP) is 4.46. The third-order valence-corrected chi connectivity index (χ3v) is 7.26. The summed E-state index contributed by atoms with van der Waals surface area (Å²) >= 11 is 3.18. The molecule has 8 nitrogen and oxygen atoms in total. The van der Waals surface area contributed by atoms with Crippen LogP contribution in [0.25, 0.3) is 5.57 Å². The number of nitrogens with zero attached hydrogens (tertiary/aromatic N) is 1. The molecule has 41 heavy (non-hydrogen) atoms. The number of sulfone groups is 1. The molecule has 2 N–H and O–H groups in total. The average molecular weight is 672 g/mol. The first-order valence-electron chi connectivity index (χ1n) is 11.9. The molecule has 0 bridgehead atoms. The lowest BCUT2D eigenvalue weighted by atomic mass is 9.77. The van der Waals surface area contributed by atoms with Crippen LogP contribution in [0.3, 0.4) is 0 Å². The number of rotatable bonds is 10. The van der Waals surface area contributed by atoms with Crippen LogP contribution in [-0.4, -0.2) is 62.7 Å². The minimum atomic E-state index is -5.04. The molecule has 1 aliphatic heterocycles. The van der Waals surface area contributed by atoms with Crippen LogP contribution < -0.4 is 15.4 Å². The van der Waals surface area contributed by atoms with Gasteiger partial charge in [0.1, 0.15) is 11.5 Å². The lowest BCUT2D eigenvalue weighted by Crippen LogP contribution is -2.59. The molecule has 1 aliphatic rings. The number of hydrogen-bond acceptors (Lipinski definition) is 6. The summed E-state index contributed by atoms with van der Waals surface area (Å²) in [4.78, 5) is 29.4. The van der Waals surface area contributed by atoms with Gasteiger partial charge in [0.25, 0.3) is 0 Å². The van der Waals surface area contributed by atoms with Crippen LogP contribution >= 0.6 is 15.9 Å². The van der Waals surface area contributed by atoms with Crippen molar-refractivity contribution in [2.24, 2.45) is 0 Å². The first kappa shape index (κ1) is 32.4. The van der Waals surface area contributed by atoms with E-state index in [2.05, 4.69) is 26.2 Å². The molecule has 0 aliphatic carbocycles. The first-order valence-corrected chi connectivity index (χ1v) is 14.7. The summed E-state index contributed by atoms with van der Waals surface area (Å²) < 4.78 is 110. The van der Waals surface area contributed by atoms with Crippen LogP contribution in [-0.2, 0) is 25.0 Å². The number of halogens is 7. The molecule has 16 heteroatoms. The molecule has 0 fully saturated rings. The van der Waals surface area contributed by atoms with Gasteiger partial charge < -0.3 is 15.4 Å². The zero-order valence-corrected chi connectivity index (χ0v) is 23.7. The van der Waals surface area contributed by atoms with Gasteiger partial charge in [0, 0.05) is 41.9 Å². The fraction of sp³-hybridized carbons (Fsp3) is 0.400. The van der Waals surface area contributed by atoms with E-state index < -0.39 is 64.7 Å². The Balaban J connectivity index is 1.97. The summed E-state index contributed by atoms with van der Waals surface area (Å²) in [5.74, 6) is -2.96. The van der Waals surface area contributed by atoms with E-state index in [1.54, 1.807) is 0 Å². The summed E-state index contributed by atoms with van der Waals surface area (Å²) in [5, 5.41) is 4.27. The largest absolute Gasteiger partial charge is 0.494 e. The normalized spacial score (nSPS) is 18.2. The second kappa shape index (κ2) is 12.4. The minimum Gasteiger partial charge on any atom is -0.494 e. The van der Waals surface area contributed by atoms with Crippen molar-refractivity contribution >= 4 is 43.2 Å². The van der Waals surface area contributed by atoms with Crippen LogP contribution in [0.4, 0.5) is 26.3 Å². The summed E-state index contributed by atoms with van der Waals surface area (Å²) in [6, 6.07) is 7.31. The molecule has 0 saturated heterocycles. The topological polar surface area (TPSA) is 114 Å². The van der Waals surface area contributed by atoms with Gasteiger partial charge in [-0.15, -0.1) is 0 Å². The van der Waals surface area contributed by atoms with Crippen molar-refractivity contribution in [3.8, 4) is 5.75 Å². The molecular formula is C25H24BrF6N3O5S. The number of hydrogen-bond donors (Lipinski definition) is 2. The van der Waals surface area contributed by atoms with Crippen molar-refractivity contribution in [2.75, 3.05) is 25.2 Å². The standard InChI is InChI=1S/C25H24BrF6N3O5S/c1-41(38,39)14-21(36)34-13-19-18(20-8-5-16(26)12-33-20)11-23(25(30,31)32,35-22(19)37)15-3-6-17(7-4-15)40-10-2-9-24(27,28)29/h3-8,12H,2,9-11,13-14H2,1H3,(H,34,36)(H,35,37)/t23-/m0/s1. The van der Waals surface area contributed by atoms with Gasteiger partial charge in [-0.05, 0) is 57.8 Å². The quantitative estimate of drug-likeness (QED) is 0.285. The van der Waals surface area contributed by atoms with E-state index in [4.69, 9.17) is 4.74 Å². The maximum Gasteiger partial charge on any atom is 0.416 e. The van der Waals surface area contributed by atoms with Crippen molar-refractivity contribution < 1.29 is 49.1 Å². The van der Waals surface area contributed by atoms with Crippen molar-refractivity contribution in [3.63, 3.8) is 0 Å². The average Bonchev–Trinajstić information content (AvgIpc) is 2.84. The first-order chi connectivity index (χ1) is 18.9. The second-order valence-corrected chi connectivity index (χ2v) is 12.3. The predicted molar refractivity (Wildman–Crippen MR) is 139 cm³/mol. The third-order valence-electron chi connectivity index (χ3n) is 6.00. The van der Waals surface area contributed by atoms with E-state index >= 15 is 0 Å². The van der Waals surface area contributed by atoms with Crippen LogP contribution in [0.5, 0.6) is 5.75 Å². The molecular weight excluding hydrogens is 648 g/mol. The Bertz CT molecular complexity index is 1410. The smallest absolute Gasteiger partial charge is 0.416 e. The van der Waals surface area contributed by atoms with Gasteiger partial charge in [-0.2, -0.15) is 26.3 Å². The fourth-order valence-corrected chi connectivity index (χ4v) is 4.91. The number of pyridine rings is 1. The molecule has 3 rings (SSSR count). The van der Waals surface area contributed by atoms with E-state index in [-0.39, 0.29) is 41.2 Å². The monoisotopic (exact) mass is 671 g/mol. The number of ether oxygens (including phenoxy) is 1. The second-order valence-electron chi connectivity index (χ2n) is 9.29. The van der Waals surface area contributed by atoms with Gasteiger partial charge in [0.15, 0.2) is 15.4 Å². The van der Waals surface area contributed by atoms with E-state index in [0.29, 0.717) is 4.47 Å². The van der Waals surface area contributed by atoms with Crippen molar-refractivity contribution in [1.82, 2.24) is 15.6 Å². The Labute approximate surface area is 239 Å². The van der Waals surface area contributed by atoms with Gasteiger partial charge >= 0.3 is 12.4 Å². The third kappa shape index (κ3) is 8.67. The minimum absolute atomic E-state index is 0.0219. The van der Waals surface area contributed by atoms with Gasteiger partial charge in [-0.25, -0.2) is 8.42 Å². The molecule has 2 heterocycles. The molecule has 224 valence electrons. The van der Waals surface area contributed by atoms with E-state index in [9.17, 15) is 44.3 Å². The number of amides is 2. The summed E-state index contributed by atoms with van der Waals surface area (Å²) in [7, 11) is -3.71. The van der Waals surface area contributed by atoms with Crippen LogP contribution in [0.2, 0.25) is 0 Å². The van der Waals surface area contributed by atoms with Crippen LogP contribution in [0, 0.1) is 0 Å². The Hall–Kier alpha value is -3.14. The zero-order chi connectivity index (χ0) is 30.6. The van der Waals surface area contributed by atoms with Gasteiger partial charge in [0.05, 0.1) is 12.3 Å². The zero-order valence-electron chi connectivity index (χ0n) is 21.3. The van der Waals surface area contributed by atoms with Crippen LogP contribution in [0.15, 0.2) is 52.6 Å².